The summed E-state index contributed by atoms with van der Waals surface area (Å²) in [5, 5.41) is 2.91. The maximum Gasteiger partial charge on any atom is 0.330 e. The quantitative estimate of drug-likeness (QED) is 0.465. The molecule has 0 spiro atoms. The van der Waals surface area contributed by atoms with Crippen LogP contribution in [0.25, 0.3) is 0 Å². The number of hydrogen-bond donors (Lipinski definition) is 2. The van der Waals surface area contributed by atoms with E-state index in [0.29, 0.717) is 19.4 Å². The first-order valence-electron chi connectivity index (χ1n) is 7.29. The van der Waals surface area contributed by atoms with Gasteiger partial charge in [-0.25, -0.2) is 4.79 Å². The molecule has 2 N–H and O–H groups in total. The van der Waals surface area contributed by atoms with Gasteiger partial charge < -0.3 is 14.9 Å². The van der Waals surface area contributed by atoms with E-state index < -0.39 is 31.5 Å². The van der Waals surface area contributed by atoms with E-state index in [0.717, 1.165) is 12.0 Å². The van der Waals surface area contributed by atoms with E-state index in [1.165, 1.54) is 0 Å². The van der Waals surface area contributed by atoms with Crippen molar-refractivity contribution in [2.75, 3.05) is 18.9 Å². The van der Waals surface area contributed by atoms with Gasteiger partial charge in [0.25, 0.3) is 0 Å². The van der Waals surface area contributed by atoms with Gasteiger partial charge in [0.15, 0.2) is 0 Å². The highest BCUT2D eigenvalue weighted by Gasteiger charge is 2.29. The third kappa shape index (κ3) is 5.37. The predicted molar refractivity (Wildman–Crippen MR) is 81.8 cm³/mol. The number of esters is 2. The van der Waals surface area contributed by atoms with E-state index in [4.69, 9.17) is 0 Å². The fourth-order valence-corrected chi connectivity index (χ4v) is 3.56. The van der Waals surface area contributed by atoms with Crippen molar-refractivity contribution in [2.45, 2.75) is 25.3 Å². The minimum Gasteiger partial charge on any atom is -0.392 e. The summed E-state index contributed by atoms with van der Waals surface area (Å²) >= 11 is 0. The van der Waals surface area contributed by atoms with E-state index in [1.54, 1.807) is 0 Å². The molecule has 0 bridgehead atoms. The zero-order chi connectivity index (χ0) is 16.0. The Balaban J connectivity index is 1.78. The van der Waals surface area contributed by atoms with Gasteiger partial charge in [-0.15, -0.1) is 0 Å². The summed E-state index contributed by atoms with van der Waals surface area (Å²) in [7, 11) is -3.65. The number of carbonyl (C=O) groups excluding carboxylic acids is 2. The van der Waals surface area contributed by atoms with Crippen LogP contribution in [0.5, 0.6) is 0 Å². The number of hydrogen-bond acceptors (Lipinski definition) is 5. The first-order chi connectivity index (χ1) is 10.5. The molecule has 1 fully saturated rings. The van der Waals surface area contributed by atoms with Crippen molar-refractivity contribution in [1.82, 2.24) is 5.32 Å². The molecule has 0 aromatic heterocycles. The van der Waals surface area contributed by atoms with Crippen LogP contribution in [-0.2, 0) is 25.3 Å². The van der Waals surface area contributed by atoms with Crippen molar-refractivity contribution in [3.8, 4) is 0 Å². The molecule has 0 saturated carbocycles. The smallest absolute Gasteiger partial charge is 0.330 e. The molecule has 0 amide bonds. The van der Waals surface area contributed by atoms with Gasteiger partial charge in [0.2, 0.25) is 7.37 Å². The lowest BCUT2D eigenvalue weighted by Crippen LogP contribution is -2.34. The highest BCUT2D eigenvalue weighted by molar-refractivity contribution is 7.58. The Kier molecular flexibility index (Phi) is 5.89. The zero-order valence-corrected chi connectivity index (χ0v) is 13.1. The van der Waals surface area contributed by atoms with Crippen LogP contribution in [0.4, 0.5) is 0 Å². The van der Waals surface area contributed by atoms with Crippen LogP contribution < -0.4 is 5.32 Å². The average molecular weight is 325 g/mol. The highest BCUT2D eigenvalue weighted by atomic mass is 31.2. The first-order valence-corrected chi connectivity index (χ1v) is 9.32. The minimum atomic E-state index is -3.65. The first kappa shape index (κ1) is 16.9. The molecule has 6 nitrogen and oxygen atoms in total. The Bertz CT molecular complexity index is 569. The third-order valence-electron chi connectivity index (χ3n) is 3.53. The van der Waals surface area contributed by atoms with Crippen LogP contribution in [0.1, 0.15) is 18.4 Å². The van der Waals surface area contributed by atoms with Gasteiger partial charge in [0.05, 0.1) is 0 Å². The minimum absolute atomic E-state index is 0.0119. The highest BCUT2D eigenvalue weighted by Crippen LogP contribution is 2.40. The van der Waals surface area contributed by atoms with Crippen molar-refractivity contribution in [3.05, 3.63) is 35.9 Å². The standard InChI is InChI=1S/C15H20NO5P/c17-14(21-15(18)13-7-4-9-16-13)11-22(19,20)10-8-12-5-2-1-3-6-12/h1-3,5-6,13,16H,4,7-11H2,(H,19,20)/t13-/m0/s1. The fourth-order valence-electron chi connectivity index (χ4n) is 2.33. The fraction of sp³-hybridized carbons (Fsp3) is 0.467. The van der Waals surface area contributed by atoms with Gasteiger partial charge in [-0.2, -0.15) is 0 Å². The maximum absolute atomic E-state index is 12.0. The van der Waals surface area contributed by atoms with Gasteiger partial charge in [-0.1, -0.05) is 30.3 Å². The molecule has 0 radical (unpaired) electrons. The average Bonchev–Trinajstić information content (AvgIpc) is 3.00. The van der Waals surface area contributed by atoms with Crippen LogP contribution in [0.3, 0.4) is 0 Å². The van der Waals surface area contributed by atoms with Crippen molar-refractivity contribution < 1.29 is 23.8 Å². The lowest BCUT2D eigenvalue weighted by Gasteiger charge is -2.12. The monoisotopic (exact) mass is 325 g/mol. The van der Waals surface area contributed by atoms with Crippen molar-refractivity contribution >= 4 is 19.3 Å². The zero-order valence-electron chi connectivity index (χ0n) is 12.2. The number of carbonyl (C=O) groups is 2. The lowest BCUT2D eigenvalue weighted by molar-refractivity contribution is -0.159. The molecule has 7 heteroatoms. The van der Waals surface area contributed by atoms with Crippen LogP contribution in [0.2, 0.25) is 0 Å². The van der Waals surface area contributed by atoms with Gasteiger partial charge in [-0.3, -0.25) is 9.36 Å². The molecule has 1 aliphatic rings. The molecule has 120 valence electrons. The maximum atomic E-state index is 12.0. The van der Waals surface area contributed by atoms with Crippen LogP contribution in [0, 0.1) is 0 Å². The molecule has 1 unspecified atom stereocenters. The Morgan fingerprint density at radius 2 is 2.05 bits per heavy atom. The number of aryl methyl sites for hydroxylation is 1. The molecule has 0 aliphatic carbocycles. The van der Waals surface area contributed by atoms with Crippen molar-refractivity contribution in [1.29, 1.82) is 0 Å². The lowest BCUT2D eigenvalue weighted by atomic mass is 10.2. The van der Waals surface area contributed by atoms with Crippen molar-refractivity contribution in [2.24, 2.45) is 0 Å². The van der Waals surface area contributed by atoms with Crippen LogP contribution >= 0.6 is 7.37 Å². The Morgan fingerprint density at radius 1 is 1.32 bits per heavy atom. The molecule has 1 aliphatic heterocycles. The topological polar surface area (TPSA) is 92.7 Å². The van der Waals surface area contributed by atoms with Gasteiger partial charge in [-0.05, 0) is 31.4 Å². The molecular weight excluding hydrogens is 305 g/mol. The summed E-state index contributed by atoms with van der Waals surface area (Å²) in [4.78, 5) is 33.1. The second kappa shape index (κ2) is 7.68. The third-order valence-corrected chi connectivity index (χ3v) is 5.20. The summed E-state index contributed by atoms with van der Waals surface area (Å²) in [6, 6.07) is 8.79. The van der Waals surface area contributed by atoms with Crippen LogP contribution in [0.15, 0.2) is 30.3 Å². The molecule has 1 aromatic carbocycles. The predicted octanol–water partition coefficient (Wildman–Crippen LogP) is 1.32. The second-order valence-electron chi connectivity index (χ2n) is 5.41. The Morgan fingerprint density at radius 3 is 2.68 bits per heavy atom. The molecule has 1 aromatic rings. The summed E-state index contributed by atoms with van der Waals surface area (Å²) in [6.45, 7) is 0.712. The van der Waals surface area contributed by atoms with Gasteiger partial charge >= 0.3 is 11.9 Å². The molecule has 2 rings (SSSR count). The number of ether oxygens (including phenoxy) is 1. The van der Waals surface area contributed by atoms with E-state index in [-0.39, 0.29) is 6.16 Å². The number of rotatable bonds is 6. The summed E-state index contributed by atoms with van der Waals surface area (Å²) in [5.41, 5.74) is 0.927. The van der Waals surface area contributed by atoms with E-state index in [1.807, 2.05) is 30.3 Å². The molecule has 1 heterocycles. The van der Waals surface area contributed by atoms with E-state index >= 15 is 0 Å². The molecule has 1 saturated heterocycles. The normalized spacial score (nSPS) is 20.3. The largest absolute Gasteiger partial charge is 0.392 e. The van der Waals surface area contributed by atoms with Gasteiger partial charge in [0.1, 0.15) is 12.2 Å². The molecule has 22 heavy (non-hydrogen) atoms. The number of benzene rings is 1. The SMILES string of the molecule is O=C(CP(=O)(O)CCc1ccccc1)OC(=O)[C@@H]1CCCN1. The summed E-state index contributed by atoms with van der Waals surface area (Å²) < 4.78 is 16.7. The number of nitrogens with one attached hydrogen (secondary N) is 1. The van der Waals surface area contributed by atoms with Gasteiger partial charge in [0, 0.05) is 6.16 Å². The Labute approximate surface area is 129 Å². The summed E-state index contributed by atoms with van der Waals surface area (Å²) in [5.74, 6) is -1.59. The Hall–Kier alpha value is -1.49. The van der Waals surface area contributed by atoms with Crippen molar-refractivity contribution in [3.63, 3.8) is 0 Å². The van der Waals surface area contributed by atoms with Crippen LogP contribution in [-0.4, -0.2) is 41.7 Å². The van der Waals surface area contributed by atoms with E-state index in [2.05, 4.69) is 10.1 Å². The van der Waals surface area contributed by atoms with E-state index in [9.17, 15) is 19.0 Å². The molecule has 2 atom stereocenters. The second-order valence-corrected chi connectivity index (χ2v) is 7.86. The molecular formula is C15H20NO5P. The summed E-state index contributed by atoms with van der Waals surface area (Å²) in [6.07, 6.45) is 1.24.